The van der Waals surface area contributed by atoms with Gasteiger partial charge in [-0.2, -0.15) is 0 Å². The summed E-state index contributed by atoms with van der Waals surface area (Å²) >= 11 is 1.29. The lowest BCUT2D eigenvalue weighted by molar-refractivity contribution is -0.115. The van der Waals surface area contributed by atoms with Gasteiger partial charge in [0.2, 0.25) is 5.91 Å². The third-order valence-electron chi connectivity index (χ3n) is 4.38. The highest BCUT2D eigenvalue weighted by Crippen LogP contribution is 2.38. The van der Waals surface area contributed by atoms with Crippen LogP contribution >= 0.6 is 11.3 Å². The summed E-state index contributed by atoms with van der Waals surface area (Å²) in [5, 5.41) is 3.27. The summed E-state index contributed by atoms with van der Waals surface area (Å²) in [5.74, 6) is -0.738. The summed E-state index contributed by atoms with van der Waals surface area (Å²) in [6, 6.07) is 5.36. The van der Waals surface area contributed by atoms with Crippen LogP contribution < -0.4 is 5.32 Å². The topological polar surface area (TPSA) is 97.8 Å². The Hall–Kier alpha value is -2.94. The third-order valence-corrected chi connectivity index (χ3v) is 5.52. The van der Waals surface area contributed by atoms with Crippen molar-refractivity contribution in [1.82, 2.24) is 9.88 Å². The maximum Gasteiger partial charge on any atom is 0.410 e. The van der Waals surface area contributed by atoms with E-state index in [1.54, 1.807) is 37.1 Å². The van der Waals surface area contributed by atoms with Gasteiger partial charge in [-0.25, -0.2) is 9.59 Å². The predicted octanol–water partition coefficient (Wildman–Crippen LogP) is 3.02. The lowest BCUT2D eigenvalue weighted by Crippen LogP contribution is -2.36. The molecule has 2 aromatic heterocycles. The number of nitrogens with zero attached hydrogens (tertiary/aromatic N) is 2. The van der Waals surface area contributed by atoms with Crippen molar-refractivity contribution in [3.05, 3.63) is 46.1 Å². The number of carbonyl (C=O) groups is 3. The van der Waals surface area contributed by atoms with Crippen LogP contribution in [0.5, 0.6) is 0 Å². The zero-order valence-corrected chi connectivity index (χ0v) is 17.2. The molecule has 0 aromatic carbocycles. The second kappa shape index (κ2) is 9.51. The number of thiophene rings is 1. The van der Waals surface area contributed by atoms with Crippen molar-refractivity contribution in [3.8, 4) is 0 Å². The highest BCUT2D eigenvalue weighted by Gasteiger charge is 2.31. The summed E-state index contributed by atoms with van der Waals surface area (Å²) in [7, 11) is 0. The predicted molar refractivity (Wildman–Crippen MR) is 108 cm³/mol. The molecule has 0 spiro atoms. The number of carbonyl (C=O) groups excluding carboxylic acids is 3. The molecule has 154 valence electrons. The fourth-order valence-corrected chi connectivity index (χ4v) is 4.39. The maximum atomic E-state index is 12.6. The molecule has 29 heavy (non-hydrogen) atoms. The Balaban J connectivity index is 1.83. The van der Waals surface area contributed by atoms with E-state index in [2.05, 4.69) is 10.3 Å². The van der Waals surface area contributed by atoms with E-state index in [0.717, 1.165) is 10.4 Å². The van der Waals surface area contributed by atoms with E-state index < -0.39 is 5.97 Å². The number of hydrogen-bond donors (Lipinski definition) is 1. The number of pyridine rings is 1. The van der Waals surface area contributed by atoms with E-state index in [1.807, 2.05) is 6.07 Å². The molecule has 0 aliphatic carbocycles. The molecular formula is C20H23N3O5S. The Morgan fingerprint density at radius 2 is 2.00 bits per heavy atom. The molecule has 8 nitrogen and oxygen atoms in total. The largest absolute Gasteiger partial charge is 0.462 e. The van der Waals surface area contributed by atoms with E-state index in [4.69, 9.17) is 9.47 Å². The van der Waals surface area contributed by atoms with Crippen molar-refractivity contribution in [2.24, 2.45) is 0 Å². The summed E-state index contributed by atoms with van der Waals surface area (Å²) in [6.07, 6.45) is 1.83. The van der Waals surface area contributed by atoms with Crippen LogP contribution in [0.1, 0.15) is 40.3 Å². The number of fused-ring (bicyclic) bond motifs is 1. The van der Waals surface area contributed by atoms with E-state index in [0.29, 0.717) is 42.4 Å². The zero-order chi connectivity index (χ0) is 20.8. The van der Waals surface area contributed by atoms with E-state index in [9.17, 15) is 14.4 Å². The molecule has 0 saturated carbocycles. The first-order valence-corrected chi connectivity index (χ1v) is 10.3. The van der Waals surface area contributed by atoms with Crippen LogP contribution in [-0.4, -0.2) is 47.6 Å². The van der Waals surface area contributed by atoms with Crippen molar-refractivity contribution in [1.29, 1.82) is 0 Å². The lowest BCUT2D eigenvalue weighted by Gasteiger charge is -2.26. The van der Waals surface area contributed by atoms with Gasteiger partial charge in [0.15, 0.2) is 0 Å². The second-order valence-corrected chi connectivity index (χ2v) is 7.45. The van der Waals surface area contributed by atoms with Crippen LogP contribution in [0.2, 0.25) is 0 Å². The first-order chi connectivity index (χ1) is 14.0. The average molecular weight is 417 g/mol. The molecule has 3 heterocycles. The van der Waals surface area contributed by atoms with Crippen LogP contribution in [0.4, 0.5) is 9.80 Å². The number of esters is 1. The van der Waals surface area contributed by atoms with Crippen molar-refractivity contribution in [2.75, 3.05) is 25.1 Å². The van der Waals surface area contributed by atoms with Gasteiger partial charge in [0, 0.05) is 23.3 Å². The van der Waals surface area contributed by atoms with Gasteiger partial charge < -0.3 is 19.7 Å². The van der Waals surface area contributed by atoms with E-state index in [-0.39, 0.29) is 25.0 Å². The Morgan fingerprint density at radius 1 is 1.21 bits per heavy atom. The molecule has 0 atom stereocenters. The molecule has 3 rings (SSSR count). The number of aromatic nitrogens is 1. The molecular weight excluding hydrogens is 394 g/mol. The minimum absolute atomic E-state index is 0.0978. The molecule has 2 aromatic rings. The fourth-order valence-electron chi connectivity index (χ4n) is 3.12. The first kappa shape index (κ1) is 20.8. The summed E-state index contributed by atoms with van der Waals surface area (Å²) in [4.78, 5) is 43.7. The Labute approximate surface area is 172 Å². The summed E-state index contributed by atoms with van der Waals surface area (Å²) in [6.45, 7) is 4.80. The molecule has 0 unspecified atom stereocenters. The Bertz CT molecular complexity index is 897. The molecule has 1 N–H and O–H groups in total. The number of rotatable bonds is 6. The summed E-state index contributed by atoms with van der Waals surface area (Å²) < 4.78 is 10.3. The molecule has 0 saturated heterocycles. The molecule has 9 heteroatoms. The molecule has 1 aliphatic rings. The zero-order valence-electron chi connectivity index (χ0n) is 16.4. The van der Waals surface area contributed by atoms with Gasteiger partial charge in [0.1, 0.15) is 5.00 Å². The minimum Gasteiger partial charge on any atom is -0.462 e. The number of hydrogen-bond acceptors (Lipinski definition) is 7. The number of ether oxygens (including phenoxy) is 2. The Morgan fingerprint density at radius 3 is 2.69 bits per heavy atom. The molecule has 2 amide bonds. The van der Waals surface area contributed by atoms with E-state index in [1.165, 1.54) is 11.3 Å². The fraction of sp³-hybridized carbons (Fsp3) is 0.400. The van der Waals surface area contributed by atoms with Crippen molar-refractivity contribution in [2.45, 2.75) is 33.2 Å². The van der Waals surface area contributed by atoms with Crippen LogP contribution in [0.25, 0.3) is 0 Å². The van der Waals surface area contributed by atoms with Gasteiger partial charge in [0.25, 0.3) is 0 Å². The van der Waals surface area contributed by atoms with Crippen molar-refractivity contribution >= 4 is 34.3 Å². The van der Waals surface area contributed by atoms with Gasteiger partial charge in [-0.05, 0) is 38.0 Å². The van der Waals surface area contributed by atoms with Crippen LogP contribution in [-0.2, 0) is 33.7 Å². The van der Waals surface area contributed by atoms with Gasteiger partial charge in [0.05, 0.1) is 31.7 Å². The van der Waals surface area contributed by atoms with Gasteiger partial charge in [-0.15, -0.1) is 11.3 Å². The van der Waals surface area contributed by atoms with Gasteiger partial charge >= 0.3 is 12.1 Å². The maximum absolute atomic E-state index is 12.6. The second-order valence-electron chi connectivity index (χ2n) is 6.34. The molecule has 1 aliphatic heterocycles. The summed E-state index contributed by atoms with van der Waals surface area (Å²) in [5.41, 5.74) is 1.84. The average Bonchev–Trinajstić information content (AvgIpc) is 3.05. The highest BCUT2D eigenvalue weighted by molar-refractivity contribution is 7.17. The number of nitrogens with one attached hydrogen (secondary N) is 1. The SMILES string of the molecule is CCOC(=O)c1c(NC(=O)Cc2ccccn2)sc2c1CCN(C(=O)OCC)C2. The molecule has 0 bridgehead atoms. The highest BCUT2D eigenvalue weighted by atomic mass is 32.1. The monoisotopic (exact) mass is 417 g/mol. The van der Waals surface area contributed by atoms with Crippen LogP contribution in [0.15, 0.2) is 24.4 Å². The van der Waals surface area contributed by atoms with Gasteiger partial charge in [-0.1, -0.05) is 6.07 Å². The van der Waals surface area contributed by atoms with Crippen LogP contribution in [0, 0.1) is 0 Å². The van der Waals surface area contributed by atoms with Crippen LogP contribution in [0.3, 0.4) is 0 Å². The third kappa shape index (κ3) is 4.92. The number of amides is 2. The smallest absolute Gasteiger partial charge is 0.410 e. The minimum atomic E-state index is -0.470. The van der Waals surface area contributed by atoms with Gasteiger partial charge in [-0.3, -0.25) is 9.78 Å². The van der Waals surface area contributed by atoms with Crippen molar-refractivity contribution in [3.63, 3.8) is 0 Å². The molecule has 0 fully saturated rings. The number of anilines is 1. The molecule has 0 radical (unpaired) electrons. The van der Waals surface area contributed by atoms with Crippen molar-refractivity contribution < 1.29 is 23.9 Å². The first-order valence-electron chi connectivity index (χ1n) is 9.46. The quantitative estimate of drug-likeness (QED) is 0.726. The normalized spacial score (nSPS) is 12.8. The Kier molecular flexibility index (Phi) is 6.82. The standard InChI is InChI=1S/C20H23N3O5S/c1-3-27-19(25)17-14-8-10-23(20(26)28-4-2)12-15(14)29-18(17)22-16(24)11-13-7-5-6-9-21-13/h5-7,9H,3-4,8,10-12H2,1-2H3,(H,22,24). The van der Waals surface area contributed by atoms with E-state index >= 15 is 0 Å². The lowest BCUT2D eigenvalue weighted by atomic mass is 10.0.